The molecule has 1 heterocycles. The number of aromatic nitrogens is 1. The molecule has 0 radical (unpaired) electrons. The SMILES string of the molecule is CC[C@H](CNC(=O)c1ccc[nH]1)Oc1ccccc1F. The maximum absolute atomic E-state index is 13.5. The molecule has 0 saturated heterocycles. The fourth-order valence-corrected chi connectivity index (χ4v) is 1.76. The van der Waals surface area contributed by atoms with Crippen LogP contribution in [-0.2, 0) is 0 Å². The summed E-state index contributed by atoms with van der Waals surface area (Å²) in [5, 5.41) is 2.76. The van der Waals surface area contributed by atoms with Crippen molar-refractivity contribution in [3.63, 3.8) is 0 Å². The van der Waals surface area contributed by atoms with Crippen molar-refractivity contribution in [2.45, 2.75) is 19.4 Å². The molecule has 1 aromatic carbocycles. The number of aromatic amines is 1. The van der Waals surface area contributed by atoms with Crippen molar-refractivity contribution in [1.82, 2.24) is 10.3 Å². The first kappa shape index (κ1) is 14.1. The van der Waals surface area contributed by atoms with Crippen molar-refractivity contribution in [3.05, 3.63) is 54.1 Å². The topological polar surface area (TPSA) is 54.1 Å². The Morgan fingerprint density at radius 1 is 1.35 bits per heavy atom. The predicted octanol–water partition coefficient (Wildman–Crippen LogP) is 2.74. The molecule has 2 rings (SSSR count). The molecular weight excluding hydrogens is 259 g/mol. The van der Waals surface area contributed by atoms with E-state index in [2.05, 4.69) is 10.3 Å². The van der Waals surface area contributed by atoms with Gasteiger partial charge in [-0.2, -0.15) is 0 Å². The van der Waals surface area contributed by atoms with Crippen molar-refractivity contribution < 1.29 is 13.9 Å². The quantitative estimate of drug-likeness (QED) is 0.852. The average molecular weight is 276 g/mol. The van der Waals surface area contributed by atoms with Crippen LogP contribution in [0.2, 0.25) is 0 Å². The largest absolute Gasteiger partial charge is 0.486 e. The van der Waals surface area contributed by atoms with Gasteiger partial charge in [0.2, 0.25) is 0 Å². The Morgan fingerprint density at radius 3 is 2.80 bits per heavy atom. The van der Waals surface area contributed by atoms with Gasteiger partial charge in [-0.1, -0.05) is 19.1 Å². The van der Waals surface area contributed by atoms with Gasteiger partial charge < -0.3 is 15.0 Å². The molecule has 5 heteroatoms. The highest BCUT2D eigenvalue weighted by atomic mass is 19.1. The fraction of sp³-hybridized carbons (Fsp3) is 0.267. The van der Waals surface area contributed by atoms with E-state index < -0.39 is 5.82 Å². The second kappa shape index (κ2) is 6.75. The molecule has 0 bridgehead atoms. The van der Waals surface area contributed by atoms with Gasteiger partial charge >= 0.3 is 0 Å². The summed E-state index contributed by atoms with van der Waals surface area (Å²) >= 11 is 0. The number of H-pyrrole nitrogens is 1. The van der Waals surface area contributed by atoms with Crippen molar-refractivity contribution >= 4 is 5.91 Å². The van der Waals surface area contributed by atoms with Crippen molar-refractivity contribution in [1.29, 1.82) is 0 Å². The Labute approximate surface area is 117 Å². The molecule has 4 nitrogen and oxygen atoms in total. The minimum absolute atomic E-state index is 0.202. The second-order valence-corrected chi connectivity index (χ2v) is 4.37. The molecule has 2 aromatic rings. The number of halogens is 1. The molecule has 0 saturated carbocycles. The molecular formula is C15H17FN2O2. The first-order chi connectivity index (χ1) is 9.70. The van der Waals surface area contributed by atoms with Crippen LogP contribution >= 0.6 is 0 Å². The van der Waals surface area contributed by atoms with E-state index in [1.807, 2.05) is 6.92 Å². The van der Waals surface area contributed by atoms with Crippen LogP contribution in [0.3, 0.4) is 0 Å². The number of rotatable bonds is 6. The first-order valence-electron chi connectivity index (χ1n) is 6.53. The third kappa shape index (κ3) is 3.60. The third-order valence-corrected chi connectivity index (χ3v) is 2.92. The molecule has 0 fully saturated rings. The maximum atomic E-state index is 13.5. The normalized spacial score (nSPS) is 11.9. The molecule has 1 amide bonds. The number of ether oxygens (including phenoxy) is 1. The molecule has 0 aliphatic rings. The van der Waals surface area contributed by atoms with Crippen LogP contribution in [-0.4, -0.2) is 23.5 Å². The number of nitrogens with one attached hydrogen (secondary N) is 2. The van der Waals surface area contributed by atoms with Gasteiger partial charge in [0.25, 0.3) is 5.91 Å². The number of amides is 1. The van der Waals surface area contributed by atoms with Gasteiger partial charge in [-0.05, 0) is 30.7 Å². The van der Waals surface area contributed by atoms with E-state index in [0.29, 0.717) is 18.7 Å². The molecule has 1 atom stereocenters. The van der Waals surface area contributed by atoms with E-state index in [0.717, 1.165) is 0 Å². The number of hydrogen-bond donors (Lipinski definition) is 2. The standard InChI is InChI=1S/C15H17FN2O2/c1-2-11(20-14-8-4-3-6-12(14)16)10-18-15(19)13-7-5-9-17-13/h3-9,11,17H,2,10H2,1H3,(H,18,19)/t11-/m1/s1. The van der Waals surface area contributed by atoms with E-state index in [4.69, 9.17) is 4.74 Å². The Hall–Kier alpha value is -2.30. The highest BCUT2D eigenvalue weighted by molar-refractivity contribution is 5.92. The Morgan fingerprint density at radius 2 is 2.15 bits per heavy atom. The number of carbonyl (C=O) groups is 1. The van der Waals surface area contributed by atoms with Crippen LogP contribution in [0.4, 0.5) is 4.39 Å². The van der Waals surface area contributed by atoms with Gasteiger partial charge in [-0.25, -0.2) is 4.39 Å². The molecule has 106 valence electrons. The second-order valence-electron chi connectivity index (χ2n) is 4.37. The minimum atomic E-state index is -0.401. The lowest BCUT2D eigenvalue weighted by atomic mass is 10.2. The zero-order valence-corrected chi connectivity index (χ0v) is 11.2. The lowest BCUT2D eigenvalue weighted by Crippen LogP contribution is -2.35. The summed E-state index contributed by atoms with van der Waals surface area (Å²) in [6, 6.07) is 9.68. The van der Waals surface area contributed by atoms with Crippen molar-refractivity contribution in [3.8, 4) is 5.75 Å². The smallest absolute Gasteiger partial charge is 0.267 e. The Kier molecular flexibility index (Phi) is 4.76. The van der Waals surface area contributed by atoms with Gasteiger partial charge in [0.1, 0.15) is 11.8 Å². The van der Waals surface area contributed by atoms with Crippen LogP contribution in [0.1, 0.15) is 23.8 Å². The van der Waals surface area contributed by atoms with Gasteiger partial charge in [-0.3, -0.25) is 4.79 Å². The number of carbonyl (C=O) groups excluding carboxylic acids is 1. The lowest BCUT2D eigenvalue weighted by Gasteiger charge is -2.18. The van der Waals surface area contributed by atoms with Gasteiger partial charge in [0.05, 0.1) is 6.54 Å². The summed E-state index contributed by atoms with van der Waals surface area (Å²) in [5.74, 6) is -0.402. The number of benzene rings is 1. The van der Waals surface area contributed by atoms with E-state index in [-0.39, 0.29) is 17.8 Å². The monoisotopic (exact) mass is 276 g/mol. The van der Waals surface area contributed by atoms with Gasteiger partial charge in [0.15, 0.2) is 11.6 Å². The molecule has 0 spiro atoms. The Balaban J connectivity index is 1.90. The van der Waals surface area contributed by atoms with Gasteiger partial charge in [-0.15, -0.1) is 0 Å². The third-order valence-electron chi connectivity index (χ3n) is 2.92. The summed E-state index contributed by atoms with van der Waals surface area (Å²) in [6.45, 7) is 2.25. The van der Waals surface area contributed by atoms with Crippen LogP contribution < -0.4 is 10.1 Å². The van der Waals surface area contributed by atoms with Gasteiger partial charge in [0, 0.05) is 6.20 Å². The number of para-hydroxylation sites is 1. The Bertz CT molecular complexity index is 555. The first-order valence-corrected chi connectivity index (χ1v) is 6.53. The molecule has 0 unspecified atom stereocenters. The lowest BCUT2D eigenvalue weighted by molar-refractivity contribution is 0.0920. The van der Waals surface area contributed by atoms with Crippen LogP contribution in [0.25, 0.3) is 0 Å². The van der Waals surface area contributed by atoms with Crippen molar-refractivity contribution in [2.75, 3.05) is 6.54 Å². The minimum Gasteiger partial charge on any atom is -0.486 e. The van der Waals surface area contributed by atoms with E-state index in [1.165, 1.54) is 6.07 Å². The number of hydrogen-bond acceptors (Lipinski definition) is 2. The summed E-state index contributed by atoms with van der Waals surface area (Å²) in [5.41, 5.74) is 0.491. The molecule has 20 heavy (non-hydrogen) atoms. The average Bonchev–Trinajstić information content (AvgIpc) is 2.99. The summed E-state index contributed by atoms with van der Waals surface area (Å²) < 4.78 is 19.1. The molecule has 2 N–H and O–H groups in total. The zero-order chi connectivity index (χ0) is 14.4. The van der Waals surface area contributed by atoms with Crippen molar-refractivity contribution in [2.24, 2.45) is 0 Å². The molecule has 0 aliphatic heterocycles. The maximum Gasteiger partial charge on any atom is 0.267 e. The van der Waals surface area contributed by atoms with E-state index in [1.54, 1.807) is 36.5 Å². The fourth-order valence-electron chi connectivity index (χ4n) is 1.76. The highest BCUT2D eigenvalue weighted by Gasteiger charge is 2.13. The molecule has 1 aromatic heterocycles. The van der Waals surface area contributed by atoms with Crippen LogP contribution in [0.5, 0.6) is 5.75 Å². The zero-order valence-electron chi connectivity index (χ0n) is 11.2. The van der Waals surface area contributed by atoms with E-state index in [9.17, 15) is 9.18 Å². The highest BCUT2D eigenvalue weighted by Crippen LogP contribution is 2.17. The summed E-state index contributed by atoms with van der Waals surface area (Å²) in [7, 11) is 0. The molecule has 0 aliphatic carbocycles. The summed E-state index contributed by atoms with van der Waals surface area (Å²) in [6.07, 6.45) is 2.08. The summed E-state index contributed by atoms with van der Waals surface area (Å²) in [4.78, 5) is 14.6. The predicted molar refractivity (Wildman–Crippen MR) is 74.2 cm³/mol. The van der Waals surface area contributed by atoms with E-state index >= 15 is 0 Å². The van der Waals surface area contributed by atoms with Crippen LogP contribution in [0.15, 0.2) is 42.6 Å². The van der Waals surface area contributed by atoms with Crippen LogP contribution in [0, 0.1) is 5.82 Å².